The van der Waals surface area contributed by atoms with E-state index in [1.54, 1.807) is 24.3 Å². The number of sulfonamides is 1. The lowest BCUT2D eigenvalue weighted by molar-refractivity contribution is 0.603. The van der Waals surface area contributed by atoms with Gasteiger partial charge in [0.15, 0.2) is 17.3 Å². The van der Waals surface area contributed by atoms with Crippen LogP contribution in [0.1, 0.15) is 10.4 Å². The van der Waals surface area contributed by atoms with E-state index in [0.717, 1.165) is 16.0 Å². The van der Waals surface area contributed by atoms with Crippen molar-refractivity contribution in [3.63, 3.8) is 0 Å². The van der Waals surface area contributed by atoms with Gasteiger partial charge in [-0.25, -0.2) is 8.42 Å². The van der Waals surface area contributed by atoms with Crippen LogP contribution < -0.4 is 4.72 Å². The fraction of sp³-hybridized carbons (Fsp3) is 0.118. The maximum Gasteiger partial charge on any atom is 0.272 e. The summed E-state index contributed by atoms with van der Waals surface area (Å²) in [5, 5.41) is 12.6. The SMILES string of the molecule is Cc1cccc(-c2nnc3ccc(NS(=O)(=O)c4ccc(C)s4)nn23)c1. The van der Waals surface area contributed by atoms with Crippen LogP contribution in [0.15, 0.2) is 52.7 Å². The number of benzene rings is 1. The molecule has 0 amide bonds. The maximum atomic E-state index is 12.5. The van der Waals surface area contributed by atoms with Crippen LogP contribution in [-0.2, 0) is 10.0 Å². The third-order valence-corrected chi connectivity index (χ3v) is 6.61. The van der Waals surface area contributed by atoms with Gasteiger partial charge in [-0.3, -0.25) is 4.72 Å². The molecule has 0 aliphatic carbocycles. The zero-order valence-corrected chi connectivity index (χ0v) is 15.7. The molecule has 1 aromatic carbocycles. The molecule has 0 atom stereocenters. The van der Waals surface area contributed by atoms with Crippen molar-refractivity contribution in [2.24, 2.45) is 0 Å². The minimum absolute atomic E-state index is 0.206. The first-order valence-corrected chi connectivity index (χ1v) is 10.1. The first-order valence-electron chi connectivity index (χ1n) is 7.81. The molecular weight excluding hydrogens is 370 g/mol. The minimum Gasteiger partial charge on any atom is -0.261 e. The normalized spacial score (nSPS) is 11.8. The summed E-state index contributed by atoms with van der Waals surface area (Å²) in [6, 6.07) is 14.4. The minimum atomic E-state index is -3.68. The Morgan fingerprint density at radius 3 is 2.62 bits per heavy atom. The van der Waals surface area contributed by atoms with E-state index in [4.69, 9.17) is 0 Å². The zero-order valence-electron chi connectivity index (χ0n) is 14.0. The molecule has 4 rings (SSSR count). The highest BCUT2D eigenvalue weighted by Crippen LogP contribution is 2.24. The predicted molar refractivity (Wildman–Crippen MR) is 101 cm³/mol. The average molecular weight is 385 g/mol. The Morgan fingerprint density at radius 2 is 1.88 bits per heavy atom. The smallest absolute Gasteiger partial charge is 0.261 e. The van der Waals surface area contributed by atoms with Crippen molar-refractivity contribution in [3.05, 3.63) is 59.0 Å². The van der Waals surface area contributed by atoms with Crippen molar-refractivity contribution >= 4 is 32.8 Å². The van der Waals surface area contributed by atoms with E-state index in [-0.39, 0.29) is 10.0 Å². The molecule has 4 aromatic rings. The largest absolute Gasteiger partial charge is 0.272 e. The van der Waals surface area contributed by atoms with E-state index in [2.05, 4.69) is 20.0 Å². The molecular formula is C17H15N5O2S2. The van der Waals surface area contributed by atoms with Gasteiger partial charge < -0.3 is 0 Å². The second kappa shape index (κ2) is 6.19. The highest BCUT2D eigenvalue weighted by Gasteiger charge is 2.18. The van der Waals surface area contributed by atoms with E-state index in [1.807, 2.05) is 38.1 Å². The fourth-order valence-electron chi connectivity index (χ4n) is 2.55. The van der Waals surface area contributed by atoms with Crippen molar-refractivity contribution < 1.29 is 8.42 Å². The summed E-state index contributed by atoms with van der Waals surface area (Å²) in [5.74, 6) is 0.758. The fourth-order valence-corrected chi connectivity index (χ4v) is 4.83. The molecule has 3 heterocycles. The first kappa shape index (κ1) is 16.7. The Kier molecular flexibility index (Phi) is 3.97. The Bertz CT molecular complexity index is 1210. The highest BCUT2D eigenvalue weighted by atomic mass is 32.2. The summed E-state index contributed by atoms with van der Waals surface area (Å²) in [5.41, 5.74) is 2.49. The molecule has 0 spiro atoms. The lowest BCUT2D eigenvalue weighted by Crippen LogP contribution is -2.13. The molecule has 1 N–H and O–H groups in total. The van der Waals surface area contributed by atoms with Crippen LogP contribution in [-0.4, -0.2) is 28.2 Å². The topological polar surface area (TPSA) is 89.2 Å². The number of aromatic nitrogens is 4. The summed E-state index contributed by atoms with van der Waals surface area (Å²) >= 11 is 1.21. The molecule has 7 nitrogen and oxygen atoms in total. The quantitative estimate of drug-likeness (QED) is 0.582. The molecule has 9 heteroatoms. The predicted octanol–water partition coefficient (Wildman–Crippen LogP) is 3.27. The second-order valence-electron chi connectivity index (χ2n) is 5.85. The Balaban J connectivity index is 1.75. The molecule has 0 saturated heterocycles. The summed E-state index contributed by atoms with van der Waals surface area (Å²) < 4.78 is 29.3. The number of rotatable bonds is 4. The Morgan fingerprint density at radius 1 is 1.04 bits per heavy atom. The standard InChI is InChI=1S/C17H15N5O2S2/c1-11-4-3-5-13(10-11)17-19-18-15-8-7-14(20-22(15)17)21-26(23,24)16-9-6-12(2)25-16/h3-10H,1-2H3,(H,20,21). The monoisotopic (exact) mass is 385 g/mol. The van der Waals surface area contributed by atoms with Gasteiger partial charge in [0, 0.05) is 10.4 Å². The number of hydrogen-bond acceptors (Lipinski definition) is 6. The molecule has 0 aliphatic rings. The molecule has 0 bridgehead atoms. The van der Waals surface area contributed by atoms with Crippen LogP contribution in [0.5, 0.6) is 0 Å². The Labute approximate surface area is 154 Å². The number of nitrogens with one attached hydrogen (secondary N) is 1. The van der Waals surface area contributed by atoms with Gasteiger partial charge in [-0.15, -0.1) is 26.6 Å². The van der Waals surface area contributed by atoms with Crippen molar-refractivity contribution in [3.8, 4) is 11.4 Å². The number of fused-ring (bicyclic) bond motifs is 1. The molecule has 3 aromatic heterocycles. The second-order valence-corrected chi connectivity index (χ2v) is 9.05. The molecule has 0 aliphatic heterocycles. The number of anilines is 1. The van der Waals surface area contributed by atoms with Gasteiger partial charge in [0.25, 0.3) is 10.0 Å². The van der Waals surface area contributed by atoms with Gasteiger partial charge in [0.1, 0.15) is 4.21 Å². The van der Waals surface area contributed by atoms with Crippen LogP contribution in [0.3, 0.4) is 0 Å². The lowest BCUT2D eigenvalue weighted by Gasteiger charge is -2.06. The molecule has 0 unspecified atom stereocenters. The number of hydrogen-bond donors (Lipinski definition) is 1. The lowest BCUT2D eigenvalue weighted by atomic mass is 10.1. The summed E-state index contributed by atoms with van der Waals surface area (Å²) in [6.45, 7) is 3.85. The van der Waals surface area contributed by atoms with E-state index in [0.29, 0.717) is 11.5 Å². The average Bonchev–Trinajstić information content (AvgIpc) is 3.21. The van der Waals surface area contributed by atoms with Crippen LogP contribution in [0, 0.1) is 13.8 Å². The van der Waals surface area contributed by atoms with Crippen molar-refractivity contribution in [2.75, 3.05) is 4.72 Å². The molecule has 26 heavy (non-hydrogen) atoms. The van der Waals surface area contributed by atoms with Gasteiger partial charge in [-0.2, -0.15) is 4.52 Å². The van der Waals surface area contributed by atoms with Gasteiger partial charge in [-0.05, 0) is 44.2 Å². The van der Waals surface area contributed by atoms with Gasteiger partial charge in [0.05, 0.1) is 0 Å². The van der Waals surface area contributed by atoms with Crippen LogP contribution in [0.4, 0.5) is 5.82 Å². The first-order chi connectivity index (χ1) is 12.4. The number of thiophene rings is 1. The third-order valence-electron chi connectivity index (χ3n) is 3.76. The van der Waals surface area contributed by atoms with E-state index in [1.165, 1.54) is 15.9 Å². The summed E-state index contributed by atoms with van der Waals surface area (Å²) in [6.07, 6.45) is 0. The van der Waals surface area contributed by atoms with Crippen molar-refractivity contribution in [2.45, 2.75) is 18.1 Å². The van der Waals surface area contributed by atoms with Crippen LogP contribution in [0.25, 0.3) is 17.0 Å². The molecule has 0 fully saturated rings. The summed E-state index contributed by atoms with van der Waals surface area (Å²) in [7, 11) is -3.68. The van der Waals surface area contributed by atoms with Gasteiger partial charge in [0.2, 0.25) is 0 Å². The van der Waals surface area contributed by atoms with E-state index in [9.17, 15) is 8.42 Å². The molecule has 0 radical (unpaired) electrons. The number of aryl methyl sites for hydroxylation is 2. The van der Waals surface area contributed by atoms with Gasteiger partial charge >= 0.3 is 0 Å². The zero-order chi connectivity index (χ0) is 18.3. The van der Waals surface area contributed by atoms with E-state index < -0.39 is 10.0 Å². The third kappa shape index (κ3) is 3.06. The van der Waals surface area contributed by atoms with Crippen molar-refractivity contribution in [1.29, 1.82) is 0 Å². The maximum absolute atomic E-state index is 12.5. The van der Waals surface area contributed by atoms with Gasteiger partial charge in [-0.1, -0.05) is 23.8 Å². The van der Waals surface area contributed by atoms with Crippen molar-refractivity contribution in [1.82, 2.24) is 19.8 Å². The van der Waals surface area contributed by atoms with Crippen LogP contribution in [0.2, 0.25) is 0 Å². The molecule has 132 valence electrons. The van der Waals surface area contributed by atoms with E-state index >= 15 is 0 Å². The number of nitrogens with zero attached hydrogens (tertiary/aromatic N) is 4. The van der Waals surface area contributed by atoms with Crippen LogP contribution >= 0.6 is 11.3 Å². The summed E-state index contributed by atoms with van der Waals surface area (Å²) in [4.78, 5) is 0.925. The highest BCUT2D eigenvalue weighted by molar-refractivity contribution is 7.94. The Hall–Kier alpha value is -2.78. The molecule has 0 saturated carbocycles.